The number of aromatic nitrogens is 2. The zero-order valence-electron chi connectivity index (χ0n) is 19.9. The number of aromatic carboxylic acids is 1. The number of benzene rings is 2. The van der Waals surface area contributed by atoms with E-state index in [-0.39, 0.29) is 24.8 Å². The molecule has 0 bridgehead atoms. The average molecular weight is 477 g/mol. The summed E-state index contributed by atoms with van der Waals surface area (Å²) >= 11 is 0. The first-order chi connectivity index (χ1) is 16.7. The number of carbonyl (C=O) groups excluding carboxylic acids is 2. The molecule has 0 saturated heterocycles. The molecule has 35 heavy (non-hydrogen) atoms. The highest BCUT2D eigenvalue weighted by molar-refractivity contribution is 5.90. The molecule has 1 atom stereocenters. The molecule has 2 amide bonds. The van der Waals surface area contributed by atoms with Crippen LogP contribution in [0.15, 0.2) is 54.7 Å². The molecule has 3 N–H and O–H groups in total. The summed E-state index contributed by atoms with van der Waals surface area (Å²) in [4.78, 5) is 37.1. The lowest BCUT2D eigenvalue weighted by molar-refractivity contribution is -0.127. The molecule has 0 aliphatic heterocycles. The number of amides is 2. The monoisotopic (exact) mass is 476 g/mol. The molecule has 3 aromatic rings. The Labute approximate surface area is 203 Å². The number of carboxylic acids is 1. The number of ether oxygens (including phenoxy) is 1. The van der Waals surface area contributed by atoms with Crippen molar-refractivity contribution in [2.45, 2.75) is 38.3 Å². The number of alkyl carbamates (subject to hydrolysis) is 1. The van der Waals surface area contributed by atoms with Crippen molar-refractivity contribution in [1.82, 2.24) is 20.4 Å². The fraction of sp³-hybridized carbons (Fsp3) is 0.308. The van der Waals surface area contributed by atoms with Crippen molar-refractivity contribution in [3.63, 3.8) is 0 Å². The van der Waals surface area contributed by atoms with E-state index >= 15 is 0 Å². The number of hydrogen-bond donors (Lipinski definition) is 3. The average Bonchev–Trinajstić information content (AvgIpc) is 3.38. The van der Waals surface area contributed by atoms with Crippen molar-refractivity contribution >= 4 is 18.0 Å². The molecular weight excluding hydrogens is 448 g/mol. The van der Waals surface area contributed by atoms with Crippen LogP contribution in [0.4, 0.5) is 4.79 Å². The molecule has 9 nitrogen and oxygen atoms in total. The molecule has 0 fully saturated rings. The third-order valence-electron chi connectivity index (χ3n) is 6.59. The van der Waals surface area contributed by atoms with Crippen molar-refractivity contribution < 1.29 is 24.2 Å². The summed E-state index contributed by atoms with van der Waals surface area (Å²) in [5.41, 5.74) is 3.58. The summed E-state index contributed by atoms with van der Waals surface area (Å²) in [6.45, 7) is 3.48. The van der Waals surface area contributed by atoms with E-state index in [2.05, 4.69) is 27.9 Å². The van der Waals surface area contributed by atoms with Crippen LogP contribution in [0.2, 0.25) is 0 Å². The lowest BCUT2D eigenvalue weighted by Crippen LogP contribution is -2.56. The minimum absolute atomic E-state index is 0.00648. The Kier molecular flexibility index (Phi) is 6.59. The Morgan fingerprint density at radius 3 is 2.26 bits per heavy atom. The molecule has 9 heteroatoms. The van der Waals surface area contributed by atoms with Gasteiger partial charge in [-0.2, -0.15) is 5.10 Å². The first kappa shape index (κ1) is 24.0. The number of nitrogens with one attached hydrogen (secondary N) is 2. The molecule has 2 aromatic carbocycles. The van der Waals surface area contributed by atoms with E-state index in [9.17, 15) is 19.5 Å². The van der Waals surface area contributed by atoms with Crippen molar-refractivity contribution in [3.8, 4) is 11.1 Å². The maximum Gasteiger partial charge on any atom is 0.408 e. The van der Waals surface area contributed by atoms with E-state index in [0.717, 1.165) is 22.3 Å². The van der Waals surface area contributed by atoms with Crippen molar-refractivity contribution in [2.75, 3.05) is 6.61 Å². The summed E-state index contributed by atoms with van der Waals surface area (Å²) in [5, 5.41) is 18.7. The van der Waals surface area contributed by atoms with Gasteiger partial charge in [0.15, 0.2) is 5.69 Å². The quantitative estimate of drug-likeness (QED) is 0.458. The zero-order valence-corrected chi connectivity index (χ0v) is 19.9. The predicted octanol–water partition coefficient (Wildman–Crippen LogP) is 3.44. The zero-order chi connectivity index (χ0) is 25.2. The van der Waals surface area contributed by atoms with Gasteiger partial charge < -0.3 is 20.5 Å². The van der Waals surface area contributed by atoms with Gasteiger partial charge in [-0.05, 0) is 35.6 Å². The maximum absolute atomic E-state index is 12.9. The van der Waals surface area contributed by atoms with E-state index in [0.29, 0.717) is 12.0 Å². The van der Waals surface area contributed by atoms with Crippen molar-refractivity contribution in [1.29, 1.82) is 0 Å². The van der Waals surface area contributed by atoms with Crippen LogP contribution in [0.1, 0.15) is 53.4 Å². The molecular formula is C26H28N4O5. The van der Waals surface area contributed by atoms with Gasteiger partial charge >= 0.3 is 12.1 Å². The molecule has 182 valence electrons. The van der Waals surface area contributed by atoms with Crippen LogP contribution in [0.5, 0.6) is 0 Å². The Morgan fingerprint density at radius 2 is 1.69 bits per heavy atom. The van der Waals surface area contributed by atoms with Crippen LogP contribution < -0.4 is 10.6 Å². The summed E-state index contributed by atoms with van der Waals surface area (Å²) < 4.78 is 6.82. The standard InChI is InChI=1S/C26H28N4O5/c1-4-26(2,24(33)27-13-16-14-28-30(3)22(16)23(31)32)29-25(34)35-15-21-19-11-7-5-9-17(19)18-10-6-8-12-20(18)21/h5-12,14,21H,4,13,15H2,1-3H3,(H,27,33)(H,29,34)(H,31,32). The van der Waals surface area contributed by atoms with Crippen molar-refractivity contribution in [2.24, 2.45) is 7.05 Å². The molecule has 1 unspecified atom stereocenters. The van der Waals surface area contributed by atoms with Gasteiger partial charge in [0.1, 0.15) is 12.1 Å². The molecule has 1 aromatic heterocycles. The van der Waals surface area contributed by atoms with E-state index in [4.69, 9.17) is 4.74 Å². The second kappa shape index (κ2) is 9.61. The van der Waals surface area contributed by atoms with Gasteiger partial charge in [0.25, 0.3) is 0 Å². The summed E-state index contributed by atoms with van der Waals surface area (Å²) in [6, 6.07) is 16.1. The van der Waals surface area contributed by atoms with Crippen molar-refractivity contribution in [3.05, 3.63) is 77.1 Å². The van der Waals surface area contributed by atoms with Gasteiger partial charge in [-0.3, -0.25) is 9.48 Å². The van der Waals surface area contributed by atoms with Gasteiger partial charge in [0, 0.05) is 25.1 Å². The lowest BCUT2D eigenvalue weighted by atomic mass is 9.97. The van der Waals surface area contributed by atoms with E-state index < -0.39 is 23.5 Å². The second-order valence-electron chi connectivity index (χ2n) is 8.77. The Balaban J connectivity index is 1.39. The topological polar surface area (TPSA) is 123 Å². The molecule has 4 rings (SSSR count). The first-order valence-electron chi connectivity index (χ1n) is 11.4. The highest BCUT2D eigenvalue weighted by Gasteiger charge is 2.35. The number of carbonyl (C=O) groups is 3. The Bertz CT molecular complexity index is 1240. The summed E-state index contributed by atoms with van der Waals surface area (Å²) in [6.07, 6.45) is 1.01. The fourth-order valence-corrected chi connectivity index (χ4v) is 4.42. The number of nitrogens with zero attached hydrogens (tertiary/aromatic N) is 2. The van der Waals surface area contributed by atoms with Gasteiger partial charge in [0.2, 0.25) is 5.91 Å². The lowest BCUT2D eigenvalue weighted by Gasteiger charge is -2.28. The Morgan fingerprint density at radius 1 is 1.09 bits per heavy atom. The number of rotatable bonds is 8. The Hall–Kier alpha value is -4.14. The summed E-state index contributed by atoms with van der Waals surface area (Å²) in [5.74, 6) is -1.67. The van der Waals surface area contributed by atoms with Gasteiger partial charge in [-0.15, -0.1) is 0 Å². The number of carboxylic acid groups (broad SMARTS) is 1. The van der Waals surface area contributed by atoms with Gasteiger partial charge in [-0.25, -0.2) is 9.59 Å². The van der Waals surface area contributed by atoms with Crippen LogP contribution in [-0.4, -0.2) is 45.0 Å². The molecule has 0 spiro atoms. The predicted molar refractivity (Wildman–Crippen MR) is 129 cm³/mol. The van der Waals surface area contributed by atoms with Crippen LogP contribution in [-0.2, 0) is 23.1 Å². The fourth-order valence-electron chi connectivity index (χ4n) is 4.42. The third-order valence-corrected chi connectivity index (χ3v) is 6.59. The van der Waals surface area contributed by atoms with E-state index in [1.165, 1.54) is 17.9 Å². The van der Waals surface area contributed by atoms with Gasteiger partial charge in [-0.1, -0.05) is 55.5 Å². The number of aryl methyl sites for hydroxylation is 1. The largest absolute Gasteiger partial charge is 0.477 e. The molecule has 0 radical (unpaired) electrons. The normalized spacial score (nSPS) is 13.9. The van der Waals surface area contributed by atoms with E-state index in [1.54, 1.807) is 13.8 Å². The smallest absolute Gasteiger partial charge is 0.408 e. The SMILES string of the molecule is CCC(C)(NC(=O)OCC1c2ccccc2-c2ccccc21)C(=O)NCc1cnn(C)c1C(=O)O. The second-order valence-corrected chi connectivity index (χ2v) is 8.77. The molecule has 1 aliphatic carbocycles. The van der Waals surface area contributed by atoms with Crippen LogP contribution in [0.3, 0.4) is 0 Å². The van der Waals surface area contributed by atoms with Crippen LogP contribution in [0, 0.1) is 0 Å². The van der Waals surface area contributed by atoms with Crippen LogP contribution in [0.25, 0.3) is 11.1 Å². The maximum atomic E-state index is 12.9. The highest BCUT2D eigenvalue weighted by Crippen LogP contribution is 2.44. The van der Waals surface area contributed by atoms with Gasteiger partial charge in [0.05, 0.1) is 6.20 Å². The highest BCUT2D eigenvalue weighted by atomic mass is 16.5. The van der Waals surface area contributed by atoms with Crippen LogP contribution >= 0.6 is 0 Å². The molecule has 1 aliphatic rings. The molecule has 1 heterocycles. The molecule has 0 saturated carbocycles. The number of fused-ring (bicyclic) bond motifs is 3. The minimum atomic E-state index is -1.24. The first-order valence-corrected chi connectivity index (χ1v) is 11.4. The minimum Gasteiger partial charge on any atom is -0.477 e. The number of hydrogen-bond acceptors (Lipinski definition) is 5. The summed E-state index contributed by atoms with van der Waals surface area (Å²) in [7, 11) is 1.52. The van der Waals surface area contributed by atoms with E-state index in [1.807, 2.05) is 36.4 Å². The third kappa shape index (κ3) is 4.62.